The molecule has 0 aliphatic heterocycles. The zero-order valence-electron chi connectivity index (χ0n) is 2.34. The molecule has 0 atom stereocenters. The number of hydrogen-bond acceptors (Lipinski definition) is 3. The third-order valence-electron chi connectivity index (χ3n) is 0.0900. The zero-order valence-corrected chi connectivity index (χ0v) is 4.05. The van der Waals surface area contributed by atoms with E-state index in [0.717, 1.165) is 0 Å². The van der Waals surface area contributed by atoms with Crippen molar-refractivity contribution in [2.24, 2.45) is 5.73 Å². The van der Waals surface area contributed by atoms with Crippen LogP contribution in [0.3, 0.4) is 0 Å². The second-order valence-corrected chi connectivity index (χ2v) is 0.995. The van der Waals surface area contributed by atoms with E-state index in [1.165, 1.54) is 0 Å². The molecule has 0 radical (unpaired) electrons. The van der Waals surface area contributed by atoms with Crippen LogP contribution in [0.2, 0.25) is 0 Å². The summed E-state index contributed by atoms with van der Waals surface area (Å²) in [6, 6.07) is 0. The van der Waals surface area contributed by atoms with Crippen molar-refractivity contribution in [3.05, 3.63) is 0 Å². The number of thiocarbonyl (C=S) groups is 1. The van der Waals surface area contributed by atoms with Gasteiger partial charge in [0.15, 0.2) is 0 Å². The molecule has 0 fully saturated rings. The predicted octanol–water partition coefficient (Wildman–Crippen LogP) is 0.0914. The number of nitrogens with two attached hydrogens (primary N) is 1. The van der Waals surface area contributed by atoms with Gasteiger partial charge in [0.25, 0.3) is 5.17 Å². The predicted molar refractivity (Wildman–Crippen MR) is 26.9 cm³/mol. The first-order chi connectivity index (χ1) is 2.27. The molecular formula is CH3NOS2. The van der Waals surface area contributed by atoms with E-state index in [9.17, 15) is 0 Å². The van der Waals surface area contributed by atoms with Crippen molar-refractivity contribution < 1.29 is 4.18 Å². The van der Waals surface area contributed by atoms with Crippen molar-refractivity contribution >= 4 is 30.3 Å². The minimum absolute atomic E-state index is 0.0478. The SMILES string of the molecule is NC(=S)OS. The van der Waals surface area contributed by atoms with Crippen LogP contribution in [0.1, 0.15) is 0 Å². The number of thiol groups is 1. The molecule has 0 rings (SSSR count). The molecule has 2 N–H and O–H groups in total. The summed E-state index contributed by atoms with van der Waals surface area (Å²) < 4.78 is 3.95. The molecule has 0 aliphatic carbocycles. The molecule has 0 bridgehead atoms. The summed E-state index contributed by atoms with van der Waals surface area (Å²) in [7, 11) is 0. The molecular weight excluding hydrogens is 106 g/mol. The lowest BCUT2D eigenvalue weighted by atomic mass is 11.4. The van der Waals surface area contributed by atoms with Gasteiger partial charge in [-0.1, -0.05) is 0 Å². The van der Waals surface area contributed by atoms with Gasteiger partial charge >= 0.3 is 0 Å². The highest BCUT2D eigenvalue weighted by atomic mass is 32.1. The van der Waals surface area contributed by atoms with Gasteiger partial charge in [-0.2, -0.15) is 0 Å². The van der Waals surface area contributed by atoms with Crippen LogP contribution in [0.4, 0.5) is 0 Å². The molecule has 0 aromatic carbocycles. The quantitative estimate of drug-likeness (QED) is 0.263. The fourth-order valence-corrected chi connectivity index (χ4v) is 0. The standard InChI is InChI=1S/CH3NOS2/c2-1(4)3-5/h5H,(H2,2,4). The summed E-state index contributed by atoms with van der Waals surface area (Å²) in [4.78, 5) is 0. The lowest BCUT2D eigenvalue weighted by Crippen LogP contribution is -2.05. The lowest BCUT2D eigenvalue weighted by molar-refractivity contribution is 0.666. The number of hydrogen-bond donors (Lipinski definition) is 2. The van der Waals surface area contributed by atoms with Crippen molar-refractivity contribution in [2.45, 2.75) is 0 Å². The maximum absolute atomic E-state index is 4.72. The van der Waals surface area contributed by atoms with Crippen LogP contribution in [0, 0.1) is 0 Å². The highest BCUT2D eigenvalue weighted by Gasteiger charge is 1.71. The molecule has 0 heterocycles. The Morgan fingerprint density at radius 3 is 2.20 bits per heavy atom. The molecule has 0 aliphatic rings. The number of rotatable bonds is 0. The molecule has 0 amide bonds. The van der Waals surface area contributed by atoms with Gasteiger partial charge in [-0.05, 0) is 12.2 Å². The maximum atomic E-state index is 4.72. The van der Waals surface area contributed by atoms with Crippen molar-refractivity contribution in [3.63, 3.8) is 0 Å². The molecule has 5 heavy (non-hydrogen) atoms. The fraction of sp³-hybridized carbons (Fsp3) is 0. The topological polar surface area (TPSA) is 35.2 Å². The maximum Gasteiger partial charge on any atom is 0.266 e. The van der Waals surface area contributed by atoms with E-state index >= 15 is 0 Å². The Balaban J connectivity index is 2.85. The van der Waals surface area contributed by atoms with Gasteiger partial charge in [-0.25, -0.2) is 0 Å². The first-order valence-electron chi connectivity index (χ1n) is 0.879. The molecule has 4 heteroatoms. The Kier molecular flexibility index (Phi) is 2.31. The van der Waals surface area contributed by atoms with Crippen LogP contribution in [0.25, 0.3) is 0 Å². The van der Waals surface area contributed by atoms with E-state index in [1.807, 2.05) is 0 Å². The fourth-order valence-electron chi connectivity index (χ4n) is 0. The van der Waals surface area contributed by atoms with E-state index in [2.05, 4.69) is 29.3 Å². The second kappa shape index (κ2) is 2.29. The van der Waals surface area contributed by atoms with Crippen LogP contribution in [0.15, 0.2) is 0 Å². The smallest absolute Gasteiger partial charge is 0.266 e. The molecule has 0 aromatic heterocycles. The Morgan fingerprint density at radius 2 is 2.20 bits per heavy atom. The summed E-state index contributed by atoms with van der Waals surface area (Å²) >= 11 is 7.43. The van der Waals surface area contributed by atoms with Crippen molar-refractivity contribution in [1.82, 2.24) is 0 Å². The highest BCUT2D eigenvalue weighted by molar-refractivity contribution is 7.82. The third-order valence-corrected chi connectivity index (χ3v) is 0.494. The average molecular weight is 109 g/mol. The Labute approximate surface area is 40.9 Å². The van der Waals surface area contributed by atoms with Gasteiger partial charge in [0, 0.05) is 12.9 Å². The molecule has 0 spiro atoms. The minimum Gasteiger partial charge on any atom is -0.401 e. The summed E-state index contributed by atoms with van der Waals surface area (Å²) in [6.07, 6.45) is 0. The molecule has 0 saturated heterocycles. The van der Waals surface area contributed by atoms with Gasteiger partial charge in [-0.15, -0.1) is 0 Å². The monoisotopic (exact) mass is 109 g/mol. The van der Waals surface area contributed by atoms with Crippen LogP contribution in [-0.4, -0.2) is 5.17 Å². The van der Waals surface area contributed by atoms with Gasteiger partial charge < -0.3 is 9.92 Å². The third kappa shape index (κ3) is 4.04. The van der Waals surface area contributed by atoms with E-state index in [1.54, 1.807) is 0 Å². The van der Waals surface area contributed by atoms with Gasteiger partial charge in [-0.3, -0.25) is 0 Å². The minimum atomic E-state index is -0.0478. The van der Waals surface area contributed by atoms with Crippen molar-refractivity contribution in [2.75, 3.05) is 0 Å². The van der Waals surface area contributed by atoms with E-state index in [0.29, 0.717) is 0 Å². The summed E-state index contributed by atoms with van der Waals surface area (Å²) in [5, 5.41) is -0.0478. The van der Waals surface area contributed by atoms with Gasteiger partial charge in [0.2, 0.25) is 0 Å². The largest absolute Gasteiger partial charge is 0.401 e. The summed E-state index contributed by atoms with van der Waals surface area (Å²) in [5.41, 5.74) is 4.72. The van der Waals surface area contributed by atoms with E-state index < -0.39 is 0 Å². The summed E-state index contributed by atoms with van der Waals surface area (Å²) in [6.45, 7) is 0. The molecule has 0 saturated carbocycles. The van der Waals surface area contributed by atoms with Crippen LogP contribution in [-0.2, 0) is 4.18 Å². The zero-order chi connectivity index (χ0) is 4.28. The van der Waals surface area contributed by atoms with Gasteiger partial charge in [0.1, 0.15) is 0 Å². The van der Waals surface area contributed by atoms with Crippen molar-refractivity contribution in [1.29, 1.82) is 0 Å². The molecule has 2 nitrogen and oxygen atoms in total. The van der Waals surface area contributed by atoms with E-state index in [-0.39, 0.29) is 5.17 Å². The molecule has 0 unspecified atom stereocenters. The van der Waals surface area contributed by atoms with Crippen LogP contribution < -0.4 is 5.73 Å². The molecule has 0 aromatic rings. The normalized spacial score (nSPS) is 6.60. The first-order valence-corrected chi connectivity index (χ1v) is 1.65. The van der Waals surface area contributed by atoms with Crippen LogP contribution >= 0.6 is 25.1 Å². The average Bonchev–Trinajstić information content (AvgIpc) is 1.38. The highest BCUT2D eigenvalue weighted by Crippen LogP contribution is 1.72. The Bertz CT molecular complexity index is 44.9. The summed E-state index contributed by atoms with van der Waals surface area (Å²) in [5.74, 6) is 0. The van der Waals surface area contributed by atoms with Crippen molar-refractivity contribution in [3.8, 4) is 0 Å². The Morgan fingerprint density at radius 1 is 2.00 bits per heavy atom. The lowest BCUT2D eigenvalue weighted by Gasteiger charge is -1.82. The van der Waals surface area contributed by atoms with E-state index in [4.69, 9.17) is 5.73 Å². The Hall–Kier alpha value is 0.0400. The molecule has 30 valence electrons. The second-order valence-electron chi connectivity index (χ2n) is 0.410. The van der Waals surface area contributed by atoms with Gasteiger partial charge in [0.05, 0.1) is 0 Å². The van der Waals surface area contributed by atoms with Crippen LogP contribution in [0.5, 0.6) is 0 Å². The first kappa shape index (κ1) is 5.04.